The summed E-state index contributed by atoms with van der Waals surface area (Å²) in [6, 6.07) is 14.8. The number of benzene rings is 2. The molecule has 4 rings (SSSR count). The minimum Gasteiger partial charge on any atom is -0.493 e. The van der Waals surface area contributed by atoms with Crippen molar-refractivity contribution in [2.24, 2.45) is 0 Å². The molecule has 1 N–H and O–H groups in total. The number of ether oxygens (including phenoxy) is 2. The summed E-state index contributed by atoms with van der Waals surface area (Å²) in [4.78, 5) is 17.5. The van der Waals surface area contributed by atoms with Crippen LogP contribution in [0.25, 0.3) is 10.8 Å². The highest BCUT2D eigenvalue weighted by Crippen LogP contribution is 2.33. The smallest absolute Gasteiger partial charge is 0.416 e. The minimum atomic E-state index is -4.56. The molecule has 0 aliphatic heterocycles. The van der Waals surface area contributed by atoms with Gasteiger partial charge in [-0.1, -0.05) is 24.3 Å². The van der Waals surface area contributed by atoms with E-state index in [9.17, 15) is 23.1 Å². The summed E-state index contributed by atoms with van der Waals surface area (Å²) in [5.41, 5.74) is -1.26. The average molecular weight is 532 g/mol. The van der Waals surface area contributed by atoms with Crippen molar-refractivity contribution in [2.45, 2.75) is 38.5 Å². The van der Waals surface area contributed by atoms with E-state index in [0.717, 1.165) is 28.5 Å². The number of carboxylic acid groups (broad SMARTS) is 1. The Labute approximate surface area is 215 Å². The zero-order chi connectivity index (χ0) is 26.6. The zero-order valence-corrected chi connectivity index (χ0v) is 20.9. The standard InChI is InChI=1S/C27H24F3NO5S/c1-17-22(31-24(35-17)23-7-4-14-37-23)12-13-34-20-10-8-18(9-11-20)16-26(2,25(32)33)36-21-6-3-5-19(15-21)27(28,29)30/h3-11,14-15H,12-13,16H2,1-2H3,(H,32,33). The second kappa shape index (κ2) is 10.7. The zero-order valence-electron chi connectivity index (χ0n) is 20.0. The van der Waals surface area contributed by atoms with E-state index in [2.05, 4.69) is 4.98 Å². The fourth-order valence-corrected chi connectivity index (χ4v) is 4.32. The third-order valence-corrected chi connectivity index (χ3v) is 6.51. The lowest BCUT2D eigenvalue weighted by Gasteiger charge is -2.27. The van der Waals surface area contributed by atoms with E-state index in [1.165, 1.54) is 19.1 Å². The number of nitrogens with zero attached hydrogens (tertiary/aromatic N) is 1. The molecule has 0 radical (unpaired) electrons. The summed E-state index contributed by atoms with van der Waals surface area (Å²) in [7, 11) is 0. The molecular weight excluding hydrogens is 507 g/mol. The second-order valence-electron chi connectivity index (χ2n) is 8.58. The van der Waals surface area contributed by atoms with Gasteiger partial charge in [0, 0.05) is 12.8 Å². The molecule has 194 valence electrons. The predicted octanol–water partition coefficient (Wildman–Crippen LogP) is 6.82. The first kappa shape index (κ1) is 26.3. The van der Waals surface area contributed by atoms with Gasteiger partial charge in [0.05, 0.1) is 22.7 Å². The van der Waals surface area contributed by atoms with Crippen LogP contribution < -0.4 is 9.47 Å². The number of halogens is 3. The summed E-state index contributed by atoms with van der Waals surface area (Å²) < 4.78 is 56.1. The maximum absolute atomic E-state index is 13.0. The Balaban J connectivity index is 1.36. The maximum Gasteiger partial charge on any atom is 0.416 e. The van der Waals surface area contributed by atoms with E-state index < -0.39 is 23.3 Å². The third kappa shape index (κ3) is 6.51. The van der Waals surface area contributed by atoms with Crippen LogP contribution in [-0.4, -0.2) is 28.3 Å². The van der Waals surface area contributed by atoms with Gasteiger partial charge in [0.15, 0.2) is 0 Å². The first-order valence-electron chi connectivity index (χ1n) is 11.3. The van der Waals surface area contributed by atoms with Crippen LogP contribution in [0.2, 0.25) is 0 Å². The van der Waals surface area contributed by atoms with Crippen molar-refractivity contribution in [2.75, 3.05) is 6.61 Å². The molecule has 0 aliphatic rings. The molecule has 2 heterocycles. The Morgan fingerprint density at radius 3 is 2.49 bits per heavy atom. The van der Waals surface area contributed by atoms with Crippen molar-refractivity contribution >= 4 is 17.3 Å². The SMILES string of the molecule is Cc1oc(-c2cccs2)nc1CCOc1ccc(CC(C)(Oc2cccc(C(F)(F)F)c2)C(=O)O)cc1. The minimum absolute atomic E-state index is 0.0670. The van der Waals surface area contributed by atoms with Crippen LogP contribution in [0.1, 0.15) is 29.5 Å². The summed E-state index contributed by atoms with van der Waals surface area (Å²) in [6.45, 7) is 3.54. The summed E-state index contributed by atoms with van der Waals surface area (Å²) in [5, 5.41) is 11.7. The van der Waals surface area contributed by atoms with E-state index in [4.69, 9.17) is 13.9 Å². The molecule has 37 heavy (non-hydrogen) atoms. The molecule has 1 unspecified atom stereocenters. The van der Waals surface area contributed by atoms with Gasteiger partial charge in [-0.15, -0.1) is 11.3 Å². The number of thiophene rings is 1. The van der Waals surface area contributed by atoms with Gasteiger partial charge >= 0.3 is 12.1 Å². The van der Waals surface area contributed by atoms with Crippen LogP contribution >= 0.6 is 11.3 Å². The molecule has 0 fully saturated rings. The van der Waals surface area contributed by atoms with E-state index in [1.54, 1.807) is 35.6 Å². The van der Waals surface area contributed by atoms with Crippen LogP contribution in [0, 0.1) is 6.92 Å². The molecule has 4 aromatic rings. The second-order valence-corrected chi connectivity index (χ2v) is 9.53. The Kier molecular flexibility index (Phi) is 7.58. The van der Waals surface area contributed by atoms with E-state index >= 15 is 0 Å². The van der Waals surface area contributed by atoms with Crippen LogP contribution in [-0.2, 0) is 23.8 Å². The summed E-state index contributed by atoms with van der Waals surface area (Å²) >= 11 is 1.55. The van der Waals surface area contributed by atoms with E-state index in [1.807, 2.05) is 24.4 Å². The highest BCUT2D eigenvalue weighted by atomic mass is 32.1. The van der Waals surface area contributed by atoms with Crippen molar-refractivity contribution in [1.29, 1.82) is 0 Å². The largest absolute Gasteiger partial charge is 0.493 e. The molecular formula is C27H24F3NO5S. The van der Waals surface area contributed by atoms with E-state index in [0.29, 0.717) is 30.2 Å². The molecule has 0 saturated carbocycles. The van der Waals surface area contributed by atoms with Crippen LogP contribution in [0.3, 0.4) is 0 Å². The predicted molar refractivity (Wildman–Crippen MR) is 132 cm³/mol. The van der Waals surface area contributed by atoms with Gasteiger partial charge in [-0.2, -0.15) is 13.2 Å². The molecule has 6 nitrogen and oxygen atoms in total. The van der Waals surface area contributed by atoms with Crippen molar-refractivity contribution in [3.05, 3.63) is 88.6 Å². The number of oxazole rings is 1. The van der Waals surface area contributed by atoms with Crippen molar-refractivity contribution in [1.82, 2.24) is 4.98 Å². The fourth-order valence-electron chi connectivity index (χ4n) is 3.68. The van der Waals surface area contributed by atoms with Gasteiger partial charge in [-0.3, -0.25) is 0 Å². The Hall–Kier alpha value is -3.79. The molecule has 1 atom stereocenters. The molecule has 0 spiro atoms. The Morgan fingerprint density at radius 2 is 1.84 bits per heavy atom. The highest BCUT2D eigenvalue weighted by Gasteiger charge is 2.37. The Morgan fingerprint density at radius 1 is 1.08 bits per heavy atom. The quantitative estimate of drug-likeness (QED) is 0.242. The first-order valence-corrected chi connectivity index (χ1v) is 12.2. The number of hydrogen-bond donors (Lipinski definition) is 1. The van der Waals surface area contributed by atoms with Crippen LogP contribution in [0.5, 0.6) is 11.5 Å². The lowest BCUT2D eigenvalue weighted by molar-refractivity contribution is -0.153. The van der Waals surface area contributed by atoms with Crippen LogP contribution in [0.4, 0.5) is 13.2 Å². The molecule has 2 aromatic heterocycles. The number of alkyl halides is 3. The molecule has 0 aliphatic carbocycles. The summed E-state index contributed by atoms with van der Waals surface area (Å²) in [5.74, 6) is 0.427. The number of rotatable bonds is 10. The van der Waals surface area contributed by atoms with Crippen molar-refractivity contribution in [3.8, 4) is 22.3 Å². The van der Waals surface area contributed by atoms with Crippen LogP contribution in [0.15, 0.2) is 70.5 Å². The topological polar surface area (TPSA) is 81.8 Å². The lowest BCUT2D eigenvalue weighted by atomic mass is 9.96. The molecule has 0 saturated heterocycles. The normalized spacial score (nSPS) is 13.2. The van der Waals surface area contributed by atoms with Crippen molar-refractivity contribution < 1.29 is 37.0 Å². The van der Waals surface area contributed by atoms with Gasteiger partial charge in [-0.05, 0) is 61.2 Å². The molecule has 10 heteroatoms. The number of aliphatic carboxylic acids is 1. The first-order chi connectivity index (χ1) is 17.5. The number of carbonyl (C=O) groups is 1. The lowest BCUT2D eigenvalue weighted by Crippen LogP contribution is -2.43. The average Bonchev–Trinajstić information content (AvgIpc) is 3.50. The number of carboxylic acids is 1. The van der Waals surface area contributed by atoms with E-state index in [-0.39, 0.29) is 12.2 Å². The summed E-state index contributed by atoms with van der Waals surface area (Å²) in [6.07, 6.45) is -4.08. The molecule has 0 amide bonds. The number of hydrogen-bond acceptors (Lipinski definition) is 6. The highest BCUT2D eigenvalue weighted by molar-refractivity contribution is 7.13. The molecule has 2 aromatic carbocycles. The Bertz CT molecular complexity index is 1350. The monoisotopic (exact) mass is 531 g/mol. The van der Waals surface area contributed by atoms with Gasteiger partial charge in [-0.25, -0.2) is 9.78 Å². The van der Waals surface area contributed by atoms with Gasteiger partial charge < -0.3 is 19.0 Å². The third-order valence-electron chi connectivity index (χ3n) is 5.65. The molecule has 0 bridgehead atoms. The maximum atomic E-state index is 13.0. The van der Waals surface area contributed by atoms with Gasteiger partial charge in [0.25, 0.3) is 0 Å². The fraction of sp³-hybridized carbons (Fsp3) is 0.259. The van der Waals surface area contributed by atoms with Gasteiger partial charge in [0.2, 0.25) is 11.5 Å². The number of aryl methyl sites for hydroxylation is 1. The van der Waals surface area contributed by atoms with Crippen molar-refractivity contribution in [3.63, 3.8) is 0 Å². The van der Waals surface area contributed by atoms with Gasteiger partial charge in [0.1, 0.15) is 17.3 Å². The number of aromatic nitrogens is 1.